The van der Waals surface area contributed by atoms with Crippen LogP contribution in [0.1, 0.15) is 11.4 Å². The minimum Gasteiger partial charge on any atom is -0.532 e. The zero-order valence-electron chi connectivity index (χ0n) is 11.3. The molecule has 102 valence electrons. The van der Waals surface area contributed by atoms with E-state index in [0.717, 1.165) is 11.4 Å². The van der Waals surface area contributed by atoms with Gasteiger partial charge in [-0.2, -0.15) is 0 Å². The first-order chi connectivity index (χ1) is 9.45. The Labute approximate surface area is 118 Å². The normalized spacial score (nSPS) is 10.2. The molecule has 5 nitrogen and oxygen atoms in total. The Hall–Kier alpha value is -1.82. The van der Waals surface area contributed by atoms with Crippen LogP contribution in [0.15, 0.2) is 36.4 Å². The Morgan fingerprint density at radius 3 is 2.20 bits per heavy atom. The van der Waals surface area contributed by atoms with Gasteiger partial charge in [-0.05, 0) is 43.6 Å². The molecule has 2 rings (SSSR count). The lowest BCUT2D eigenvalue weighted by molar-refractivity contribution is 0.422. The van der Waals surface area contributed by atoms with Crippen molar-refractivity contribution in [1.82, 2.24) is 4.98 Å². The molecule has 0 aliphatic carbocycles. The highest BCUT2D eigenvalue weighted by molar-refractivity contribution is 6.61. The van der Waals surface area contributed by atoms with Gasteiger partial charge in [-0.15, -0.1) is 0 Å². The standard InChI is InChI=1S/C13H15B2NO4/c1-9-6-12(7-10(2)16-9)15(19)20-13-5-3-4-11(8-13)14(17)18/h3-8,17-19H,1-2H3. The second kappa shape index (κ2) is 6.09. The summed E-state index contributed by atoms with van der Waals surface area (Å²) in [7, 11) is -2.71. The lowest BCUT2D eigenvalue weighted by atomic mass is 9.78. The first-order valence-electron chi connectivity index (χ1n) is 6.22. The molecule has 0 aliphatic heterocycles. The van der Waals surface area contributed by atoms with Crippen LogP contribution in [0.3, 0.4) is 0 Å². The number of hydrogen-bond acceptors (Lipinski definition) is 5. The van der Waals surface area contributed by atoms with Crippen LogP contribution >= 0.6 is 0 Å². The lowest BCUT2D eigenvalue weighted by Crippen LogP contribution is -2.38. The summed E-state index contributed by atoms with van der Waals surface area (Å²) in [6.07, 6.45) is 0. The third-order valence-electron chi connectivity index (χ3n) is 2.79. The maximum Gasteiger partial charge on any atom is 0.560 e. The van der Waals surface area contributed by atoms with Crippen molar-refractivity contribution in [2.24, 2.45) is 0 Å². The largest absolute Gasteiger partial charge is 0.560 e. The molecule has 0 saturated carbocycles. The third-order valence-corrected chi connectivity index (χ3v) is 2.79. The maximum atomic E-state index is 10.1. The summed E-state index contributed by atoms with van der Waals surface area (Å²) in [6, 6.07) is 9.76. The molecule has 20 heavy (non-hydrogen) atoms. The number of hydrogen-bond donors (Lipinski definition) is 3. The quantitative estimate of drug-likeness (QED) is 0.630. The Kier molecular flexibility index (Phi) is 4.44. The SMILES string of the molecule is Cc1cc(B(O)Oc2cccc(B(O)O)c2)cc(C)n1. The van der Waals surface area contributed by atoms with Crippen molar-refractivity contribution in [2.75, 3.05) is 0 Å². The lowest BCUT2D eigenvalue weighted by Gasteiger charge is -2.12. The van der Waals surface area contributed by atoms with Crippen molar-refractivity contribution in [3.8, 4) is 5.75 Å². The highest BCUT2D eigenvalue weighted by Gasteiger charge is 2.20. The number of benzene rings is 1. The van der Waals surface area contributed by atoms with Crippen molar-refractivity contribution >= 4 is 25.2 Å². The zero-order valence-corrected chi connectivity index (χ0v) is 11.3. The van der Waals surface area contributed by atoms with Crippen LogP contribution in [0.5, 0.6) is 5.75 Å². The molecule has 1 aromatic heterocycles. The molecule has 0 amide bonds. The van der Waals surface area contributed by atoms with Gasteiger partial charge in [0.25, 0.3) is 0 Å². The average Bonchev–Trinajstić information content (AvgIpc) is 2.37. The van der Waals surface area contributed by atoms with E-state index in [1.54, 1.807) is 30.3 Å². The fourth-order valence-electron chi connectivity index (χ4n) is 1.95. The first kappa shape index (κ1) is 14.6. The summed E-state index contributed by atoms with van der Waals surface area (Å²) in [5, 5.41) is 28.3. The summed E-state index contributed by atoms with van der Waals surface area (Å²) in [4.78, 5) is 4.23. The molecule has 0 radical (unpaired) electrons. The minimum atomic E-state index is -1.57. The Bertz CT molecular complexity index is 586. The smallest absolute Gasteiger partial charge is 0.532 e. The van der Waals surface area contributed by atoms with Crippen LogP contribution < -0.4 is 15.6 Å². The molecular weight excluding hydrogens is 256 g/mol. The van der Waals surface area contributed by atoms with E-state index in [9.17, 15) is 5.02 Å². The number of pyridine rings is 1. The monoisotopic (exact) mass is 271 g/mol. The Morgan fingerprint density at radius 1 is 0.950 bits per heavy atom. The molecular formula is C13H15B2NO4. The molecule has 0 fully saturated rings. The summed E-state index contributed by atoms with van der Waals surface area (Å²) in [6.45, 7) is 3.68. The molecule has 0 bridgehead atoms. The van der Waals surface area contributed by atoms with E-state index < -0.39 is 14.2 Å². The van der Waals surface area contributed by atoms with Crippen LogP contribution in [0.2, 0.25) is 0 Å². The third kappa shape index (κ3) is 3.60. The van der Waals surface area contributed by atoms with E-state index in [-0.39, 0.29) is 0 Å². The zero-order chi connectivity index (χ0) is 14.7. The van der Waals surface area contributed by atoms with Crippen LogP contribution in [0, 0.1) is 13.8 Å². The predicted molar refractivity (Wildman–Crippen MR) is 78.2 cm³/mol. The van der Waals surface area contributed by atoms with E-state index in [4.69, 9.17) is 14.7 Å². The van der Waals surface area contributed by atoms with Gasteiger partial charge in [-0.1, -0.05) is 12.1 Å². The maximum absolute atomic E-state index is 10.1. The summed E-state index contributed by atoms with van der Waals surface area (Å²) < 4.78 is 5.41. The van der Waals surface area contributed by atoms with Gasteiger partial charge in [0.1, 0.15) is 5.75 Å². The highest BCUT2D eigenvalue weighted by Crippen LogP contribution is 2.08. The van der Waals surface area contributed by atoms with E-state index in [1.165, 1.54) is 6.07 Å². The molecule has 2 aromatic rings. The summed E-state index contributed by atoms with van der Waals surface area (Å²) >= 11 is 0. The predicted octanol–water partition coefficient (Wildman–Crippen LogP) is -0.855. The number of nitrogens with zero attached hydrogens (tertiary/aromatic N) is 1. The van der Waals surface area contributed by atoms with Crippen LogP contribution in [-0.2, 0) is 0 Å². The molecule has 0 spiro atoms. The topological polar surface area (TPSA) is 82.8 Å². The Morgan fingerprint density at radius 2 is 1.60 bits per heavy atom. The van der Waals surface area contributed by atoms with Crippen molar-refractivity contribution < 1.29 is 19.7 Å². The molecule has 1 aromatic carbocycles. The number of aryl methyl sites for hydroxylation is 2. The molecule has 3 N–H and O–H groups in total. The van der Waals surface area contributed by atoms with Gasteiger partial charge in [0, 0.05) is 16.9 Å². The van der Waals surface area contributed by atoms with Gasteiger partial charge in [0.05, 0.1) is 0 Å². The van der Waals surface area contributed by atoms with Gasteiger partial charge in [0.2, 0.25) is 0 Å². The van der Waals surface area contributed by atoms with Crippen molar-refractivity contribution in [1.29, 1.82) is 0 Å². The fraction of sp³-hybridized carbons (Fsp3) is 0.154. The van der Waals surface area contributed by atoms with Crippen LogP contribution in [-0.4, -0.2) is 34.3 Å². The summed E-state index contributed by atoms with van der Waals surface area (Å²) in [5.74, 6) is 0.357. The van der Waals surface area contributed by atoms with Crippen LogP contribution in [0.25, 0.3) is 0 Å². The molecule has 0 saturated heterocycles. The van der Waals surface area contributed by atoms with E-state index in [1.807, 2.05) is 13.8 Å². The van der Waals surface area contributed by atoms with Crippen molar-refractivity contribution in [3.63, 3.8) is 0 Å². The first-order valence-corrected chi connectivity index (χ1v) is 6.22. The van der Waals surface area contributed by atoms with Gasteiger partial charge in [-0.25, -0.2) is 0 Å². The molecule has 0 atom stereocenters. The second-order valence-corrected chi connectivity index (χ2v) is 4.60. The average molecular weight is 271 g/mol. The van der Waals surface area contributed by atoms with E-state index >= 15 is 0 Å². The van der Waals surface area contributed by atoms with E-state index in [2.05, 4.69) is 4.98 Å². The highest BCUT2D eigenvalue weighted by atomic mass is 16.5. The number of rotatable bonds is 4. The molecule has 1 heterocycles. The van der Waals surface area contributed by atoms with Gasteiger partial charge >= 0.3 is 14.2 Å². The number of aromatic nitrogens is 1. The minimum absolute atomic E-state index is 0.303. The molecule has 0 aliphatic rings. The summed E-state index contributed by atoms with van der Waals surface area (Å²) in [5.41, 5.74) is 2.49. The van der Waals surface area contributed by atoms with E-state index in [0.29, 0.717) is 16.7 Å². The van der Waals surface area contributed by atoms with Gasteiger partial charge in [-0.3, -0.25) is 4.98 Å². The second-order valence-electron chi connectivity index (χ2n) is 4.60. The molecule has 0 unspecified atom stereocenters. The van der Waals surface area contributed by atoms with Gasteiger partial charge < -0.3 is 19.7 Å². The fourth-order valence-corrected chi connectivity index (χ4v) is 1.95. The van der Waals surface area contributed by atoms with Crippen molar-refractivity contribution in [3.05, 3.63) is 47.8 Å². The van der Waals surface area contributed by atoms with Crippen LogP contribution in [0.4, 0.5) is 0 Å². The Balaban J connectivity index is 2.18. The van der Waals surface area contributed by atoms with Gasteiger partial charge in [0.15, 0.2) is 0 Å². The van der Waals surface area contributed by atoms with Crippen molar-refractivity contribution in [2.45, 2.75) is 13.8 Å². The molecule has 7 heteroatoms.